The van der Waals surface area contributed by atoms with Gasteiger partial charge in [-0.05, 0) is 43.8 Å². The number of amides is 3. The van der Waals surface area contributed by atoms with Gasteiger partial charge >= 0.3 is 12.2 Å². The van der Waals surface area contributed by atoms with Gasteiger partial charge < -0.3 is 20.3 Å². The van der Waals surface area contributed by atoms with Gasteiger partial charge in [0, 0.05) is 12.7 Å². The van der Waals surface area contributed by atoms with Crippen LogP contribution in [0.2, 0.25) is 0 Å². The van der Waals surface area contributed by atoms with E-state index in [0.717, 1.165) is 4.90 Å². The molecule has 1 saturated heterocycles. The fraction of sp³-hybridized carbons (Fsp3) is 0.583. The molecular weight excluding hydrogens is 559 g/mol. The number of fused-ring (bicyclic) bond motifs is 1. The summed E-state index contributed by atoms with van der Waals surface area (Å²) in [5, 5.41) is 16.2. The fourth-order valence-electron chi connectivity index (χ4n) is 4.92. The summed E-state index contributed by atoms with van der Waals surface area (Å²) in [6, 6.07) is -1.06. The topological polar surface area (TPSA) is 140 Å². The Bertz CT molecular complexity index is 1440. The van der Waals surface area contributed by atoms with Crippen molar-refractivity contribution in [2.45, 2.75) is 56.8 Å². The van der Waals surface area contributed by atoms with Crippen molar-refractivity contribution >= 4 is 17.6 Å². The minimum absolute atomic E-state index is 0.00354. The average Bonchev–Trinajstić information content (AvgIpc) is 3.41. The van der Waals surface area contributed by atoms with Crippen LogP contribution in [0.5, 0.6) is 0 Å². The molecule has 1 aliphatic carbocycles. The van der Waals surface area contributed by atoms with Gasteiger partial charge in [-0.1, -0.05) is 5.16 Å². The van der Waals surface area contributed by atoms with Crippen LogP contribution in [0.15, 0.2) is 23.1 Å². The maximum Gasteiger partial charge on any atom is 0.394 e. The quantitative estimate of drug-likeness (QED) is 0.345. The first-order valence-corrected chi connectivity index (χ1v) is 12.8. The average molecular weight is 587 g/mol. The molecule has 222 valence electrons. The van der Waals surface area contributed by atoms with E-state index in [9.17, 15) is 31.5 Å². The van der Waals surface area contributed by atoms with Gasteiger partial charge in [0.05, 0.1) is 55.3 Å². The first-order chi connectivity index (χ1) is 19.3. The lowest BCUT2D eigenvalue weighted by Crippen LogP contribution is -2.58. The molecule has 0 spiro atoms. The molecule has 0 unspecified atom stereocenters. The van der Waals surface area contributed by atoms with Crippen LogP contribution in [-0.4, -0.2) is 80.7 Å². The van der Waals surface area contributed by atoms with Crippen molar-refractivity contribution < 1.29 is 40.9 Å². The number of nitrogens with zero attached hydrogens (tertiary/aromatic N) is 6. The molecule has 3 aromatic heterocycles. The van der Waals surface area contributed by atoms with Crippen LogP contribution in [0.25, 0.3) is 5.65 Å². The molecule has 1 aliphatic heterocycles. The normalized spacial score (nSPS) is 19.6. The van der Waals surface area contributed by atoms with Gasteiger partial charge in [-0.3, -0.25) is 4.79 Å². The van der Waals surface area contributed by atoms with Gasteiger partial charge in [-0.2, -0.15) is 18.3 Å². The van der Waals surface area contributed by atoms with Crippen LogP contribution in [-0.2, 0) is 4.74 Å². The highest BCUT2D eigenvalue weighted by Crippen LogP contribution is 2.61. The van der Waals surface area contributed by atoms with Gasteiger partial charge in [0.15, 0.2) is 11.3 Å². The number of aromatic nitrogens is 5. The maximum absolute atomic E-state index is 14.1. The third-order valence-electron chi connectivity index (χ3n) is 7.50. The van der Waals surface area contributed by atoms with Crippen molar-refractivity contribution in [2.75, 3.05) is 26.8 Å². The summed E-state index contributed by atoms with van der Waals surface area (Å²) >= 11 is 0. The zero-order chi connectivity index (χ0) is 29.6. The number of rotatable bonds is 10. The summed E-state index contributed by atoms with van der Waals surface area (Å²) in [5.74, 6) is -3.86. The summed E-state index contributed by atoms with van der Waals surface area (Å²) in [4.78, 5) is 30.7. The second-order valence-corrected chi connectivity index (χ2v) is 10.4. The molecule has 1 saturated carbocycles. The Labute approximate surface area is 229 Å². The van der Waals surface area contributed by atoms with Crippen molar-refractivity contribution in [1.82, 2.24) is 40.4 Å². The number of urea groups is 1. The molecular formula is C24H27F5N8O4. The van der Waals surface area contributed by atoms with E-state index in [2.05, 4.69) is 35.7 Å². The summed E-state index contributed by atoms with van der Waals surface area (Å²) in [7, 11) is 1.36. The number of aryl methyl sites for hydroxylation is 1. The molecule has 12 nitrogen and oxygen atoms in total. The van der Waals surface area contributed by atoms with Gasteiger partial charge in [0.25, 0.3) is 11.8 Å². The Morgan fingerprint density at radius 1 is 1.29 bits per heavy atom. The Morgan fingerprint density at radius 2 is 2.05 bits per heavy atom. The number of hydrogen-bond donors (Lipinski definition) is 2. The number of methoxy groups -OCH3 is 1. The standard InChI is InChI=1S/C24H27F5N8O4/c1-13-19(35-41-34-13)20(38)33-15(3-4-22(5-6-22)24(27,28)29)16-9-37-18(32-16)7-14(8-31-37)17(10-40-2)36-12-23(25,26)11-30-21(36)39/h7-9,15,17H,3-6,10-12H2,1-2H3,(H,30,39)(H,33,38)/t15-,17-/m1/s1. The number of alkyl halides is 5. The van der Waals surface area contributed by atoms with Crippen LogP contribution in [0.4, 0.5) is 26.7 Å². The smallest absolute Gasteiger partial charge is 0.382 e. The molecule has 2 N–H and O–H groups in total. The van der Waals surface area contributed by atoms with E-state index < -0.39 is 54.6 Å². The van der Waals surface area contributed by atoms with E-state index in [1.165, 1.54) is 37.0 Å². The molecule has 3 amide bonds. The predicted octanol–water partition coefficient (Wildman–Crippen LogP) is 3.36. The van der Waals surface area contributed by atoms with Gasteiger partial charge in [0.1, 0.15) is 5.69 Å². The number of carbonyl (C=O) groups excluding carboxylic acids is 2. The highest BCUT2D eigenvalue weighted by Gasteiger charge is 2.62. The number of imidazole rings is 1. The number of halogens is 5. The van der Waals surface area contributed by atoms with Crippen molar-refractivity contribution in [2.24, 2.45) is 5.41 Å². The van der Waals surface area contributed by atoms with Gasteiger partial charge in [-0.25, -0.2) is 27.7 Å². The lowest BCUT2D eigenvalue weighted by molar-refractivity contribution is -0.189. The van der Waals surface area contributed by atoms with E-state index in [0.29, 0.717) is 5.56 Å². The lowest BCUT2D eigenvalue weighted by atomic mass is 9.95. The molecule has 0 aromatic carbocycles. The molecule has 2 aliphatic rings. The maximum atomic E-state index is 14.1. The minimum atomic E-state index is -4.38. The number of carbonyl (C=O) groups is 2. The Balaban J connectivity index is 1.44. The SMILES string of the molecule is COC[C@H](c1cnn2cc([C@@H](CCC3(C(F)(F)F)CC3)NC(=O)c3nonc3C)nc2c1)N1CC(F)(F)CNC1=O. The highest BCUT2D eigenvalue weighted by atomic mass is 19.4. The Kier molecular flexibility index (Phi) is 7.33. The lowest BCUT2D eigenvalue weighted by Gasteiger charge is -2.38. The number of hydrogen-bond acceptors (Lipinski definition) is 8. The zero-order valence-corrected chi connectivity index (χ0v) is 22.0. The summed E-state index contributed by atoms with van der Waals surface area (Å²) in [6.07, 6.45) is -1.87. The molecule has 2 atom stereocenters. The minimum Gasteiger partial charge on any atom is -0.382 e. The van der Waals surface area contributed by atoms with Crippen molar-refractivity contribution in [3.63, 3.8) is 0 Å². The zero-order valence-electron chi connectivity index (χ0n) is 22.0. The largest absolute Gasteiger partial charge is 0.394 e. The van der Waals surface area contributed by atoms with Gasteiger partial charge in [0.2, 0.25) is 0 Å². The van der Waals surface area contributed by atoms with Crippen LogP contribution >= 0.6 is 0 Å². The first kappa shape index (κ1) is 28.6. The van der Waals surface area contributed by atoms with Crippen molar-refractivity contribution in [3.8, 4) is 0 Å². The summed E-state index contributed by atoms with van der Waals surface area (Å²) < 4.78 is 80.2. The summed E-state index contributed by atoms with van der Waals surface area (Å²) in [5.41, 5.74) is -0.929. The Morgan fingerprint density at radius 3 is 2.68 bits per heavy atom. The first-order valence-electron chi connectivity index (χ1n) is 12.8. The summed E-state index contributed by atoms with van der Waals surface area (Å²) in [6.45, 7) is -0.231. The third-order valence-corrected chi connectivity index (χ3v) is 7.50. The van der Waals surface area contributed by atoms with Crippen molar-refractivity contribution in [1.29, 1.82) is 0 Å². The van der Waals surface area contributed by atoms with E-state index in [1.807, 2.05) is 0 Å². The molecule has 4 heterocycles. The molecule has 3 aromatic rings. The highest BCUT2D eigenvalue weighted by molar-refractivity contribution is 5.93. The molecule has 0 bridgehead atoms. The van der Waals surface area contributed by atoms with E-state index in [4.69, 9.17) is 4.74 Å². The number of ether oxygens (including phenoxy) is 1. The second-order valence-electron chi connectivity index (χ2n) is 10.4. The molecule has 17 heteroatoms. The van der Waals surface area contributed by atoms with Crippen molar-refractivity contribution in [3.05, 3.63) is 41.1 Å². The third kappa shape index (κ3) is 5.80. The van der Waals surface area contributed by atoms with E-state index in [1.54, 1.807) is 0 Å². The van der Waals surface area contributed by atoms with Crippen LogP contribution in [0, 0.1) is 12.3 Å². The van der Waals surface area contributed by atoms with Crippen LogP contribution < -0.4 is 10.6 Å². The second kappa shape index (κ2) is 10.5. The van der Waals surface area contributed by atoms with Gasteiger partial charge in [-0.15, -0.1) is 0 Å². The van der Waals surface area contributed by atoms with Crippen LogP contribution in [0.1, 0.15) is 65.2 Å². The fourth-order valence-corrected chi connectivity index (χ4v) is 4.92. The molecule has 5 rings (SSSR count). The predicted molar refractivity (Wildman–Crippen MR) is 129 cm³/mol. The van der Waals surface area contributed by atoms with E-state index in [-0.39, 0.29) is 55.0 Å². The number of nitrogens with one attached hydrogen (secondary N) is 2. The monoisotopic (exact) mass is 586 g/mol. The molecule has 41 heavy (non-hydrogen) atoms. The van der Waals surface area contributed by atoms with E-state index >= 15 is 0 Å². The van der Waals surface area contributed by atoms with Crippen LogP contribution in [0.3, 0.4) is 0 Å². The Hall–Kier alpha value is -3.89. The molecule has 2 fully saturated rings. The molecule has 0 radical (unpaired) electrons.